The van der Waals surface area contributed by atoms with Crippen LogP contribution >= 0.6 is 0 Å². The number of fused-ring (bicyclic) bond motifs is 1. The van der Waals surface area contributed by atoms with E-state index in [4.69, 9.17) is 0 Å². The molecule has 0 aromatic heterocycles. The third-order valence-electron chi connectivity index (χ3n) is 3.34. The molecular weight excluding hydrogens is 262 g/mol. The molecule has 2 aromatic carbocycles. The zero-order valence-electron chi connectivity index (χ0n) is 10.5. The number of amides is 1. The van der Waals surface area contributed by atoms with Crippen molar-refractivity contribution < 1.29 is 13.6 Å². The number of nitrogens with one attached hydrogen (secondary N) is 2. The summed E-state index contributed by atoms with van der Waals surface area (Å²) in [5, 5.41) is 5.63. The highest BCUT2D eigenvalue weighted by molar-refractivity contribution is 5.98. The van der Waals surface area contributed by atoms with E-state index in [9.17, 15) is 13.6 Å². The van der Waals surface area contributed by atoms with Gasteiger partial charge in [-0.25, -0.2) is 8.78 Å². The number of hydrogen-bond acceptors (Lipinski definition) is 2. The molecule has 1 heterocycles. The van der Waals surface area contributed by atoms with E-state index in [1.807, 2.05) is 24.3 Å². The summed E-state index contributed by atoms with van der Waals surface area (Å²) >= 11 is 0. The van der Waals surface area contributed by atoms with Crippen molar-refractivity contribution in [1.29, 1.82) is 0 Å². The first-order valence-electron chi connectivity index (χ1n) is 6.24. The van der Waals surface area contributed by atoms with Gasteiger partial charge in [0.15, 0.2) is 0 Å². The van der Waals surface area contributed by atoms with E-state index >= 15 is 0 Å². The van der Waals surface area contributed by atoms with Crippen molar-refractivity contribution >= 4 is 17.3 Å². The Balaban J connectivity index is 1.81. The predicted molar refractivity (Wildman–Crippen MR) is 72.7 cm³/mol. The summed E-state index contributed by atoms with van der Waals surface area (Å²) in [6.07, 6.45) is 0. The highest BCUT2D eigenvalue weighted by atomic mass is 19.1. The largest absolute Gasteiger partial charge is 0.384 e. The van der Waals surface area contributed by atoms with Crippen LogP contribution < -0.4 is 10.6 Å². The number of halogens is 2. The maximum absolute atomic E-state index is 13.5. The molecule has 0 spiro atoms. The number of anilines is 2. The number of benzene rings is 2. The molecule has 0 saturated heterocycles. The lowest BCUT2D eigenvalue weighted by Gasteiger charge is -2.11. The first kappa shape index (κ1) is 12.6. The lowest BCUT2D eigenvalue weighted by Crippen LogP contribution is -2.23. The fraction of sp³-hybridized carbons (Fsp3) is 0.133. The lowest BCUT2D eigenvalue weighted by molar-refractivity contribution is -0.117. The molecule has 0 radical (unpaired) electrons. The van der Waals surface area contributed by atoms with Crippen molar-refractivity contribution in [2.75, 3.05) is 17.2 Å². The Morgan fingerprint density at radius 3 is 2.80 bits per heavy atom. The fourth-order valence-corrected chi connectivity index (χ4v) is 2.33. The second-order valence-corrected chi connectivity index (χ2v) is 4.63. The van der Waals surface area contributed by atoms with Gasteiger partial charge in [-0.05, 0) is 23.8 Å². The standard InChI is InChI=1S/C15H12F2N2O/c16-9-5-6-14(12(17)7-9)19-15(20)11-8-18-13-4-2-1-3-10(11)13/h1-7,11,18H,8H2,(H,19,20). The van der Waals surface area contributed by atoms with Crippen molar-refractivity contribution in [3.05, 3.63) is 59.7 Å². The summed E-state index contributed by atoms with van der Waals surface area (Å²) in [6, 6.07) is 10.6. The topological polar surface area (TPSA) is 41.1 Å². The van der Waals surface area contributed by atoms with Crippen LogP contribution in [0, 0.1) is 11.6 Å². The van der Waals surface area contributed by atoms with E-state index in [0.29, 0.717) is 6.54 Å². The SMILES string of the molecule is O=C(Nc1ccc(F)cc1F)C1CNc2ccccc21. The molecular formula is C15H12F2N2O. The Morgan fingerprint density at radius 1 is 1.20 bits per heavy atom. The molecule has 1 unspecified atom stereocenters. The number of carbonyl (C=O) groups is 1. The monoisotopic (exact) mass is 274 g/mol. The van der Waals surface area contributed by atoms with Gasteiger partial charge in [-0.15, -0.1) is 0 Å². The number of hydrogen-bond donors (Lipinski definition) is 2. The van der Waals surface area contributed by atoms with Gasteiger partial charge in [-0.1, -0.05) is 18.2 Å². The first-order valence-corrected chi connectivity index (χ1v) is 6.24. The van der Waals surface area contributed by atoms with Gasteiger partial charge in [0.25, 0.3) is 0 Å². The summed E-state index contributed by atoms with van der Waals surface area (Å²) in [4.78, 5) is 12.2. The summed E-state index contributed by atoms with van der Waals surface area (Å²) in [7, 11) is 0. The van der Waals surface area contributed by atoms with Gasteiger partial charge in [0, 0.05) is 18.3 Å². The normalized spacial score (nSPS) is 16.4. The molecule has 1 atom stereocenters. The maximum Gasteiger partial charge on any atom is 0.233 e. The minimum absolute atomic E-state index is 0.0132. The van der Waals surface area contributed by atoms with Gasteiger partial charge in [-0.3, -0.25) is 4.79 Å². The Labute approximate surface area is 114 Å². The molecule has 0 saturated carbocycles. The highest BCUT2D eigenvalue weighted by Crippen LogP contribution is 2.32. The zero-order valence-corrected chi connectivity index (χ0v) is 10.5. The third kappa shape index (κ3) is 2.22. The van der Waals surface area contributed by atoms with E-state index in [1.54, 1.807) is 0 Å². The molecule has 0 aliphatic carbocycles. The van der Waals surface area contributed by atoms with Crippen molar-refractivity contribution in [3.8, 4) is 0 Å². The zero-order chi connectivity index (χ0) is 14.1. The van der Waals surface area contributed by atoms with Crippen LogP contribution in [0.1, 0.15) is 11.5 Å². The van der Waals surface area contributed by atoms with E-state index in [-0.39, 0.29) is 17.5 Å². The van der Waals surface area contributed by atoms with Crippen LogP contribution in [-0.4, -0.2) is 12.5 Å². The smallest absolute Gasteiger partial charge is 0.233 e. The Morgan fingerprint density at radius 2 is 2.00 bits per heavy atom. The molecule has 3 nitrogen and oxygen atoms in total. The Bertz CT molecular complexity index is 673. The minimum atomic E-state index is -0.780. The van der Waals surface area contributed by atoms with E-state index in [0.717, 1.165) is 23.4 Å². The Hall–Kier alpha value is -2.43. The van der Waals surface area contributed by atoms with Gasteiger partial charge in [0.1, 0.15) is 11.6 Å². The number of carbonyl (C=O) groups excluding carboxylic acids is 1. The molecule has 5 heteroatoms. The fourth-order valence-electron chi connectivity index (χ4n) is 2.33. The van der Waals surface area contributed by atoms with E-state index < -0.39 is 11.6 Å². The quantitative estimate of drug-likeness (QED) is 0.883. The van der Waals surface area contributed by atoms with Gasteiger partial charge < -0.3 is 10.6 Å². The van der Waals surface area contributed by atoms with E-state index in [2.05, 4.69) is 10.6 Å². The van der Waals surface area contributed by atoms with Crippen LogP contribution in [0.3, 0.4) is 0 Å². The highest BCUT2D eigenvalue weighted by Gasteiger charge is 2.28. The van der Waals surface area contributed by atoms with Crippen LogP contribution in [0.5, 0.6) is 0 Å². The number of rotatable bonds is 2. The van der Waals surface area contributed by atoms with Crippen LogP contribution in [0.4, 0.5) is 20.2 Å². The molecule has 102 valence electrons. The lowest BCUT2D eigenvalue weighted by atomic mass is 10.0. The van der Waals surface area contributed by atoms with Crippen molar-refractivity contribution in [3.63, 3.8) is 0 Å². The predicted octanol–water partition coefficient (Wildman–Crippen LogP) is 3.11. The molecule has 2 aromatic rings. The van der Waals surface area contributed by atoms with Gasteiger partial charge >= 0.3 is 0 Å². The second kappa shape index (κ2) is 4.92. The van der Waals surface area contributed by atoms with Crippen LogP contribution in [-0.2, 0) is 4.79 Å². The first-order chi connectivity index (χ1) is 9.65. The average Bonchev–Trinajstić information content (AvgIpc) is 2.86. The second-order valence-electron chi connectivity index (χ2n) is 4.63. The van der Waals surface area contributed by atoms with Gasteiger partial charge in [0.2, 0.25) is 5.91 Å². The summed E-state index contributed by atoms with van der Waals surface area (Å²) in [5.74, 6) is -2.14. The Kier molecular flexibility index (Phi) is 3.10. The van der Waals surface area contributed by atoms with Crippen LogP contribution in [0.25, 0.3) is 0 Å². The minimum Gasteiger partial charge on any atom is -0.384 e. The molecule has 0 fully saturated rings. The van der Waals surface area contributed by atoms with E-state index in [1.165, 1.54) is 6.07 Å². The van der Waals surface area contributed by atoms with Gasteiger partial charge in [0.05, 0.1) is 11.6 Å². The molecule has 3 rings (SSSR count). The molecule has 2 N–H and O–H groups in total. The summed E-state index contributed by atoms with van der Waals surface area (Å²) in [5.41, 5.74) is 1.78. The molecule has 0 bridgehead atoms. The summed E-state index contributed by atoms with van der Waals surface area (Å²) < 4.78 is 26.3. The summed E-state index contributed by atoms with van der Waals surface area (Å²) in [6.45, 7) is 0.466. The average molecular weight is 274 g/mol. The molecule has 20 heavy (non-hydrogen) atoms. The molecule has 1 aliphatic heterocycles. The van der Waals surface area contributed by atoms with Crippen molar-refractivity contribution in [2.24, 2.45) is 0 Å². The van der Waals surface area contributed by atoms with Crippen molar-refractivity contribution in [1.82, 2.24) is 0 Å². The molecule has 1 amide bonds. The van der Waals surface area contributed by atoms with Crippen molar-refractivity contribution in [2.45, 2.75) is 5.92 Å². The van der Waals surface area contributed by atoms with Crippen LogP contribution in [0.15, 0.2) is 42.5 Å². The van der Waals surface area contributed by atoms with Gasteiger partial charge in [-0.2, -0.15) is 0 Å². The van der Waals surface area contributed by atoms with Crippen LogP contribution in [0.2, 0.25) is 0 Å². The molecule has 1 aliphatic rings. The third-order valence-corrected chi connectivity index (χ3v) is 3.34. The maximum atomic E-state index is 13.5. The number of para-hydroxylation sites is 1.